The van der Waals surface area contributed by atoms with Crippen molar-refractivity contribution in [1.29, 1.82) is 0 Å². The normalized spacial score (nSPS) is 16.4. The van der Waals surface area contributed by atoms with Crippen LogP contribution in [0.25, 0.3) is 10.9 Å². The summed E-state index contributed by atoms with van der Waals surface area (Å²) >= 11 is 0. The Balaban J connectivity index is 0.00000132. The summed E-state index contributed by atoms with van der Waals surface area (Å²) in [5.41, 5.74) is 2.30. The van der Waals surface area contributed by atoms with Gasteiger partial charge in [-0.3, -0.25) is 14.3 Å². The van der Waals surface area contributed by atoms with Gasteiger partial charge in [0.2, 0.25) is 5.91 Å². The van der Waals surface area contributed by atoms with E-state index in [1.54, 1.807) is 11.5 Å². The predicted molar refractivity (Wildman–Crippen MR) is 100 cm³/mol. The molecule has 0 aliphatic carbocycles. The smallest absolute Gasteiger partial charge is 0.227 e. The summed E-state index contributed by atoms with van der Waals surface area (Å²) in [5.74, 6) is 0.0765. The maximum absolute atomic E-state index is 11.9. The molecule has 2 heterocycles. The van der Waals surface area contributed by atoms with E-state index in [9.17, 15) is 4.79 Å². The van der Waals surface area contributed by atoms with Gasteiger partial charge in [0, 0.05) is 50.7 Å². The molecule has 1 fully saturated rings. The Kier molecular flexibility index (Phi) is 7.55. The Labute approximate surface area is 150 Å². The maximum Gasteiger partial charge on any atom is 0.227 e. The molecule has 1 N–H and O–H groups in total. The minimum atomic E-state index is 0. The first kappa shape index (κ1) is 20.0. The number of hydrogen-bond donors (Lipinski definition) is 1. The van der Waals surface area contributed by atoms with Crippen LogP contribution in [0.1, 0.15) is 36.7 Å². The summed E-state index contributed by atoms with van der Waals surface area (Å²) in [4.78, 5) is 14.4. The topological polar surface area (TPSA) is 37.3 Å². The SMILES string of the molecule is CC[C@@H](c1cn(C(C)=O)c2ccccc12)N1CCNCC1.Cl.Cl. The number of nitrogens with one attached hydrogen (secondary N) is 1. The number of rotatable bonds is 3. The first-order valence-corrected chi connectivity index (χ1v) is 7.78. The number of carbonyl (C=O) groups excluding carboxylic acids is 1. The van der Waals surface area contributed by atoms with Crippen LogP contribution in [0.5, 0.6) is 0 Å². The average Bonchev–Trinajstić information content (AvgIpc) is 2.89. The Morgan fingerprint density at radius 2 is 1.87 bits per heavy atom. The molecule has 1 aliphatic rings. The van der Waals surface area contributed by atoms with E-state index in [0.29, 0.717) is 6.04 Å². The standard InChI is InChI=1S/C17H23N3O.2ClH/c1-3-16(19-10-8-18-9-11-19)15-12-20(13(2)21)17-7-5-4-6-14(15)17;;/h4-7,12,16,18H,3,8-11H2,1-2H3;2*1H/t16-;;/m0../s1. The number of benzene rings is 1. The quantitative estimate of drug-likeness (QED) is 0.913. The molecule has 6 heteroatoms. The lowest BCUT2D eigenvalue weighted by Crippen LogP contribution is -2.45. The minimum absolute atomic E-state index is 0. The van der Waals surface area contributed by atoms with Crippen LogP contribution in [-0.2, 0) is 0 Å². The molecule has 3 rings (SSSR count). The van der Waals surface area contributed by atoms with Crippen LogP contribution >= 0.6 is 24.8 Å². The van der Waals surface area contributed by atoms with Gasteiger partial charge in [-0.25, -0.2) is 0 Å². The number of hydrogen-bond acceptors (Lipinski definition) is 3. The Morgan fingerprint density at radius 3 is 2.48 bits per heavy atom. The fourth-order valence-corrected chi connectivity index (χ4v) is 3.40. The van der Waals surface area contributed by atoms with Gasteiger partial charge in [0.05, 0.1) is 5.52 Å². The lowest BCUT2D eigenvalue weighted by Gasteiger charge is -2.34. The van der Waals surface area contributed by atoms with Crippen molar-refractivity contribution in [3.63, 3.8) is 0 Å². The van der Waals surface area contributed by atoms with E-state index >= 15 is 0 Å². The number of halogens is 2. The molecule has 1 aromatic heterocycles. The molecule has 1 atom stereocenters. The number of fused-ring (bicyclic) bond motifs is 1. The molecule has 0 bridgehead atoms. The zero-order valence-electron chi connectivity index (χ0n) is 13.6. The first-order chi connectivity index (χ1) is 10.2. The van der Waals surface area contributed by atoms with Crippen molar-refractivity contribution in [3.05, 3.63) is 36.0 Å². The minimum Gasteiger partial charge on any atom is -0.314 e. The van der Waals surface area contributed by atoms with E-state index in [2.05, 4.69) is 29.3 Å². The summed E-state index contributed by atoms with van der Waals surface area (Å²) < 4.78 is 1.79. The second kappa shape index (κ2) is 8.69. The van der Waals surface area contributed by atoms with Crippen molar-refractivity contribution < 1.29 is 4.79 Å². The summed E-state index contributed by atoms with van der Waals surface area (Å²) in [5, 5.41) is 4.61. The molecule has 0 unspecified atom stereocenters. The van der Waals surface area contributed by atoms with Crippen LogP contribution in [0.3, 0.4) is 0 Å². The number of piperazine rings is 1. The molecule has 4 nitrogen and oxygen atoms in total. The third kappa shape index (κ3) is 3.89. The van der Waals surface area contributed by atoms with Crippen LogP contribution in [0, 0.1) is 0 Å². The highest BCUT2D eigenvalue weighted by atomic mass is 35.5. The largest absolute Gasteiger partial charge is 0.314 e. The molecular formula is C17H25Cl2N3O. The fraction of sp³-hybridized carbons (Fsp3) is 0.471. The summed E-state index contributed by atoms with van der Waals surface area (Å²) in [7, 11) is 0. The molecule has 0 radical (unpaired) electrons. The van der Waals surface area contributed by atoms with Gasteiger partial charge in [0.25, 0.3) is 0 Å². The molecule has 1 aromatic carbocycles. The van der Waals surface area contributed by atoms with Crippen LogP contribution in [0.2, 0.25) is 0 Å². The van der Waals surface area contributed by atoms with Crippen molar-refractivity contribution in [2.24, 2.45) is 0 Å². The van der Waals surface area contributed by atoms with Gasteiger partial charge in [-0.1, -0.05) is 25.1 Å². The second-order valence-corrected chi connectivity index (χ2v) is 5.70. The predicted octanol–water partition coefficient (Wildman–Crippen LogP) is 3.50. The zero-order valence-corrected chi connectivity index (χ0v) is 15.3. The van der Waals surface area contributed by atoms with Gasteiger partial charge in [-0.15, -0.1) is 24.8 Å². The maximum atomic E-state index is 11.9. The summed E-state index contributed by atoms with van der Waals surface area (Å²) in [6, 6.07) is 8.61. The van der Waals surface area contributed by atoms with E-state index in [4.69, 9.17) is 0 Å². The molecule has 0 amide bonds. The van der Waals surface area contributed by atoms with Crippen LogP contribution in [-0.4, -0.2) is 41.6 Å². The third-order valence-electron chi connectivity index (χ3n) is 4.42. The molecule has 0 saturated carbocycles. The highest BCUT2D eigenvalue weighted by molar-refractivity contribution is 5.93. The van der Waals surface area contributed by atoms with Gasteiger partial charge >= 0.3 is 0 Å². The van der Waals surface area contributed by atoms with E-state index in [1.165, 1.54) is 10.9 Å². The van der Waals surface area contributed by atoms with Crippen LogP contribution in [0.15, 0.2) is 30.5 Å². The monoisotopic (exact) mass is 357 g/mol. The van der Waals surface area contributed by atoms with Crippen molar-refractivity contribution >= 4 is 41.6 Å². The lowest BCUT2D eigenvalue weighted by atomic mass is 10.0. The second-order valence-electron chi connectivity index (χ2n) is 5.70. The van der Waals surface area contributed by atoms with Gasteiger partial charge < -0.3 is 5.32 Å². The van der Waals surface area contributed by atoms with E-state index < -0.39 is 0 Å². The summed E-state index contributed by atoms with van der Waals surface area (Å²) in [6.45, 7) is 8.08. The number of nitrogens with zero attached hydrogens (tertiary/aromatic N) is 2. The molecular weight excluding hydrogens is 333 g/mol. The molecule has 23 heavy (non-hydrogen) atoms. The number of aromatic nitrogens is 1. The molecule has 1 aliphatic heterocycles. The Hall–Kier alpha value is -1.07. The van der Waals surface area contributed by atoms with Crippen molar-refractivity contribution in [3.8, 4) is 0 Å². The van der Waals surface area contributed by atoms with E-state index in [0.717, 1.165) is 38.1 Å². The molecule has 128 valence electrons. The number of carbonyl (C=O) groups is 1. The fourth-order valence-electron chi connectivity index (χ4n) is 3.40. The first-order valence-electron chi connectivity index (χ1n) is 7.78. The average molecular weight is 358 g/mol. The Bertz CT molecular complexity index is 650. The van der Waals surface area contributed by atoms with Gasteiger partial charge in [-0.05, 0) is 18.1 Å². The van der Waals surface area contributed by atoms with Crippen molar-refractivity contribution in [2.45, 2.75) is 26.3 Å². The highest BCUT2D eigenvalue weighted by Gasteiger charge is 2.24. The van der Waals surface area contributed by atoms with Crippen LogP contribution < -0.4 is 5.32 Å². The van der Waals surface area contributed by atoms with Gasteiger partial charge in [-0.2, -0.15) is 0 Å². The van der Waals surface area contributed by atoms with Crippen molar-refractivity contribution in [2.75, 3.05) is 26.2 Å². The third-order valence-corrected chi connectivity index (χ3v) is 4.42. The molecule has 2 aromatic rings. The zero-order chi connectivity index (χ0) is 14.8. The Morgan fingerprint density at radius 1 is 1.22 bits per heavy atom. The van der Waals surface area contributed by atoms with Crippen LogP contribution in [0.4, 0.5) is 0 Å². The number of para-hydroxylation sites is 1. The van der Waals surface area contributed by atoms with Crippen molar-refractivity contribution in [1.82, 2.24) is 14.8 Å². The molecule has 0 spiro atoms. The summed E-state index contributed by atoms with van der Waals surface area (Å²) in [6.07, 6.45) is 3.11. The van der Waals surface area contributed by atoms with Gasteiger partial charge in [0.1, 0.15) is 0 Å². The molecule has 1 saturated heterocycles. The van der Waals surface area contributed by atoms with E-state index in [-0.39, 0.29) is 30.7 Å². The lowest BCUT2D eigenvalue weighted by molar-refractivity contribution is 0.0941. The van der Waals surface area contributed by atoms with Gasteiger partial charge in [0.15, 0.2) is 0 Å². The highest BCUT2D eigenvalue weighted by Crippen LogP contribution is 2.32. The van der Waals surface area contributed by atoms with E-state index in [1.807, 2.05) is 18.3 Å².